The van der Waals surface area contributed by atoms with Crippen molar-refractivity contribution in [1.82, 2.24) is 5.32 Å². The van der Waals surface area contributed by atoms with Gasteiger partial charge >= 0.3 is 0 Å². The smallest absolute Gasteiger partial charge is 0.134 e. The number of hydrogen-bond donors (Lipinski definition) is 1. The van der Waals surface area contributed by atoms with Crippen molar-refractivity contribution in [1.29, 1.82) is 0 Å². The van der Waals surface area contributed by atoms with Gasteiger partial charge in [-0.25, -0.2) is 0 Å². The molecule has 1 atom stereocenters. The summed E-state index contributed by atoms with van der Waals surface area (Å²) in [6.07, 6.45) is 3.67. The van der Waals surface area contributed by atoms with Crippen LogP contribution in [0.4, 0.5) is 0 Å². The molecule has 1 N–H and O–H groups in total. The lowest BCUT2D eigenvalue weighted by Crippen LogP contribution is -2.46. The van der Waals surface area contributed by atoms with Crippen LogP contribution in [-0.4, -0.2) is 18.8 Å². The van der Waals surface area contributed by atoms with Crippen molar-refractivity contribution in [2.24, 2.45) is 0 Å². The first-order valence-corrected chi connectivity index (χ1v) is 8.10. The summed E-state index contributed by atoms with van der Waals surface area (Å²) in [5.41, 5.74) is 2.34. The van der Waals surface area contributed by atoms with Crippen molar-refractivity contribution >= 4 is 11.0 Å². The summed E-state index contributed by atoms with van der Waals surface area (Å²) in [7, 11) is 0. The number of para-hydroxylation sites is 1. The summed E-state index contributed by atoms with van der Waals surface area (Å²) < 4.78 is 11.7. The van der Waals surface area contributed by atoms with Crippen molar-refractivity contribution in [3.05, 3.63) is 35.6 Å². The van der Waals surface area contributed by atoms with Gasteiger partial charge in [0.25, 0.3) is 0 Å². The Labute approximate surface area is 126 Å². The zero-order valence-electron chi connectivity index (χ0n) is 13.2. The fraction of sp³-hybridized carbons (Fsp3) is 0.556. The first kappa shape index (κ1) is 14.6. The molecule has 0 saturated heterocycles. The quantitative estimate of drug-likeness (QED) is 0.864. The molecule has 1 aromatic heterocycles. The molecular weight excluding hydrogens is 262 g/mol. The minimum atomic E-state index is 0.250. The largest absolute Gasteiger partial charge is 0.459 e. The van der Waals surface area contributed by atoms with E-state index in [0.29, 0.717) is 12.1 Å². The Kier molecular flexibility index (Phi) is 4.32. The molecule has 1 unspecified atom stereocenters. The summed E-state index contributed by atoms with van der Waals surface area (Å²) in [5.74, 6) is 1.10. The molecule has 1 aromatic carbocycles. The molecule has 0 aliphatic heterocycles. The SMILES string of the molecule is CCOC1CC(NC(C)c2oc3ccccc3c2CC)C1. The van der Waals surface area contributed by atoms with Gasteiger partial charge < -0.3 is 14.5 Å². The maximum Gasteiger partial charge on any atom is 0.134 e. The van der Waals surface area contributed by atoms with Crippen LogP contribution in [0.25, 0.3) is 11.0 Å². The second-order valence-corrected chi connectivity index (χ2v) is 5.93. The Morgan fingerprint density at radius 3 is 2.76 bits per heavy atom. The summed E-state index contributed by atoms with van der Waals surface area (Å²) in [6.45, 7) is 7.27. The van der Waals surface area contributed by atoms with Gasteiger partial charge in [-0.3, -0.25) is 0 Å². The molecule has 0 radical (unpaired) electrons. The van der Waals surface area contributed by atoms with E-state index in [1.165, 1.54) is 10.9 Å². The molecule has 1 aliphatic rings. The molecule has 0 bridgehead atoms. The van der Waals surface area contributed by atoms with Crippen LogP contribution in [0.5, 0.6) is 0 Å². The normalized spacial score (nSPS) is 23.2. The van der Waals surface area contributed by atoms with Crippen LogP contribution in [-0.2, 0) is 11.2 Å². The highest BCUT2D eigenvalue weighted by Crippen LogP contribution is 2.32. The van der Waals surface area contributed by atoms with E-state index >= 15 is 0 Å². The lowest BCUT2D eigenvalue weighted by atomic mass is 9.88. The van der Waals surface area contributed by atoms with E-state index in [1.807, 2.05) is 6.07 Å². The van der Waals surface area contributed by atoms with Gasteiger partial charge in [0.1, 0.15) is 11.3 Å². The predicted octanol–water partition coefficient (Wildman–Crippen LogP) is 4.21. The highest BCUT2D eigenvalue weighted by molar-refractivity contribution is 5.82. The van der Waals surface area contributed by atoms with Gasteiger partial charge in [-0.15, -0.1) is 0 Å². The third-order valence-electron chi connectivity index (χ3n) is 4.46. The average Bonchev–Trinajstić information content (AvgIpc) is 2.83. The number of hydrogen-bond acceptors (Lipinski definition) is 3. The Morgan fingerprint density at radius 2 is 2.05 bits per heavy atom. The molecule has 3 rings (SSSR count). The van der Waals surface area contributed by atoms with E-state index in [9.17, 15) is 0 Å². The Hall–Kier alpha value is -1.32. The fourth-order valence-electron chi connectivity index (χ4n) is 3.33. The fourth-order valence-corrected chi connectivity index (χ4v) is 3.33. The number of nitrogens with one attached hydrogen (secondary N) is 1. The Morgan fingerprint density at radius 1 is 1.29 bits per heavy atom. The number of fused-ring (bicyclic) bond motifs is 1. The number of benzene rings is 1. The number of aryl methyl sites for hydroxylation is 1. The molecule has 0 amide bonds. The lowest BCUT2D eigenvalue weighted by molar-refractivity contribution is -0.0125. The van der Waals surface area contributed by atoms with E-state index in [-0.39, 0.29) is 6.04 Å². The minimum Gasteiger partial charge on any atom is -0.459 e. The molecule has 114 valence electrons. The van der Waals surface area contributed by atoms with E-state index in [2.05, 4.69) is 44.3 Å². The third kappa shape index (κ3) is 2.85. The van der Waals surface area contributed by atoms with Crippen LogP contribution >= 0.6 is 0 Å². The topological polar surface area (TPSA) is 34.4 Å². The van der Waals surface area contributed by atoms with Gasteiger partial charge in [-0.05, 0) is 39.2 Å². The van der Waals surface area contributed by atoms with Gasteiger partial charge in [-0.1, -0.05) is 25.1 Å². The van der Waals surface area contributed by atoms with Gasteiger partial charge in [0, 0.05) is 23.6 Å². The van der Waals surface area contributed by atoms with Gasteiger partial charge in [-0.2, -0.15) is 0 Å². The van der Waals surface area contributed by atoms with Crippen molar-refractivity contribution in [2.75, 3.05) is 6.61 Å². The monoisotopic (exact) mass is 287 g/mol. The van der Waals surface area contributed by atoms with Crippen molar-refractivity contribution < 1.29 is 9.15 Å². The zero-order valence-corrected chi connectivity index (χ0v) is 13.2. The second-order valence-electron chi connectivity index (χ2n) is 5.93. The zero-order chi connectivity index (χ0) is 14.8. The number of ether oxygens (including phenoxy) is 1. The second kappa shape index (κ2) is 6.20. The van der Waals surface area contributed by atoms with Crippen LogP contribution < -0.4 is 5.32 Å². The molecule has 3 heteroatoms. The molecule has 3 nitrogen and oxygen atoms in total. The number of rotatable bonds is 6. The van der Waals surface area contributed by atoms with Gasteiger partial charge in [0.15, 0.2) is 0 Å². The first-order chi connectivity index (χ1) is 10.2. The molecule has 2 aromatic rings. The Bertz CT molecular complexity index is 598. The van der Waals surface area contributed by atoms with Gasteiger partial charge in [0.05, 0.1) is 12.1 Å². The molecule has 1 aliphatic carbocycles. The average molecular weight is 287 g/mol. The summed E-state index contributed by atoms with van der Waals surface area (Å²) >= 11 is 0. The molecule has 1 saturated carbocycles. The highest BCUT2D eigenvalue weighted by atomic mass is 16.5. The molecule has 0 spiro atoms. The minimum absolute atomic E-state index is 0.250. The highest BCUT2D eigenvalue weighted by Gasteiger charge is 2.31. The van der Waals surface area contributed by atoms with Crippen LogP contribution in [0.3, 0.4) is 0 Å². The standard InChI is InChI=1S/C18H25NO2/c1-4-15-16-8-6-7-9-17(16)21-18(15)12(3)19-13-10-14(11-13)20-5-2/h6-9,12-14,19H,4-5,10-11H2,1-3H3. The molecule has 1 heterocycles. The summed E-state index contributed by atoms with van der Waals surface area (Å²) in [4.78, 5) is 0. The van der Waals surface area contributed by atoms with E-state index < -0.39 is 0 Å². The molecule has 21 heavy (non-hydrogen) atoms. The van der Waals surface area contributed by atoms with Crippen LogP contribution in [0.2, 0.25) is 0 Å². The summed E-state index contributed by atoms with van der Waals surface area (Å²) in [5, 5.41) is 4.94. The van der Waals surface area contributed by atoms with Crippen molar-refractivity contribution in [2.45, 2.75) is 58.2 Å². The molecule has 1 fully saturated rings. The predicted molar refractivity (Wildman–Crippen MR) is 85.6 cm³/mol. The number of furan rings is 1. The van der Waals surface area contributed by atoms with Crippen LogP contribution in [0.15, 0.2) is 28.7 Å². The third-order valence-corrected chi connectivity index (χ3v) is 4.46. The van der Waals surface area contributed by atoms with Crippen LogP contribution in [0.1, 0.15) is 51.0 Å². The Balaban J connectivity index is 1.71. The van der Waals surface area contributed by atoms with E-state index in [1.54, 1.807) is 0 Å². The first-order valence-electron chi connectivity index (χ1n) is 8.10. The van der Waals surface area contributed by atoms with Crippen molar-refractivity contribution in [3.8, 4) is 0 Å². The van der Waals surface area contributed by atoms with E-state index in [4.69, 9.17) is 9.15 Å². The lowest BCUT2D eigenvalue weighted by Gasteiger charge is -2.37. The van der Waals surface area contributed by atoms with E-state index in [0.717, 1.165) is 37.2 Å². The van der Waals surface area contributed by atoms with Gasteiger partial charge in [0.2, 0.25) is 0 Å². The maximum absolute atomic E-state index is 6.10. The summed E-state index contributed by atoms with van der Waals surface area (Å²) in [6, 6.07) is 9.12. The van der Waals surface area contributed by atoms with Crippen molar-refractivity contribution in [3.63, 3.8) is 0 Å². The maximum atomic E-state index is 6.10. The van der Waals surface area contributed by atoms with Crippen LogP contribution in [0, 0.1) is 0 Å². The molecular formula is C18H25NO2.